The van der Waals surface area contributed by atoms with Crippen LogP contribution in [0.25, 0.3) is 0 Å². The van der Waals surface area contributed by atoms with Crippen LogP contribution in [0.15, 0.2) is 18.2 Å². The minimum Gasteiger partial charge on any atom is -0.507 e. The zero-order valence-electron chi connectivity index (χ0n) is 8.62. The highest BCUT2D eigenvalue weighted by atomic mass is 16.3. The van der Waals surface area contributed by atoms with Gasteiger partial charge in [-0.1, -0.05) is 18.2 Å². The summed E-state index contributed by atoms with van der Waals surface area (Å²) in [5.74, 6) is 0.338. The molecule has 3 N–H and O–H groups in total. The number of para-hydroxylation sites is 1. The summed E-state index contributed by atoms with van der Waals surface area (Å²) in [4.78, 5) is 0. The van der Waals surface area contributed by atoms with Crippen LogP contribution in [0.4, 0.5) is 0 Å². The fourth-order valence-corrected chi connectivity index (χ4v) is 1.21. The van der Waals surface area contributed by atoms with Crippen LogP contribution < -0.4 is 5.32 Å². The Labute approximate surface area is 84.4 Å². The molecule has 0 aromatic heterocycles. The third-order valence-electron chi connectivity index (χ3n) is 2.24. The molecule has 1 aromatic carbocycles. The molecule has 1 atom stereocenters. The van der Waals surface area contributed by atoms with Crippen molar-refractivity contribution in [2.75, 3.05) is 6.61 Å². The van der Waals surface area contributed by atoms with Gasteiger partial charge in [-0.2, -0.15) is 0 Å². The van der Waals surface area contributed by atoms with Gasteiger partial charge in [0, 0.05) is 18.2 Å². The molecule has 0 fully saturated rings. The molecule has 0 heterocycles. The van der Waals surface area contributed by atoms with Gasteiger partial charge in [0.2, 0.25) is 0 Å². The van der Waals surface area contributed by atoms with Gasteiger partial charge in [-0.25, -0.2) is 0 Å². The maximum atomic E-state index is 9.68. The summed E-state index contributed by atoms with van der Waals surface area (Å²) in [5.41, 5.74) is 1.74. The molecule has 0 saturated carbocycles. The average Bonchev–Trinajstić information content (AvgIpc) is 2.20. The van der Waals surface area contributed by atoms with Crippen molar-refractivity contribution < 1.29 is 10.2 Å². The molecule has 14 heavy (non-hydrogen) atoms. The SMILES string of the molecule is Cc1cccc(CNC(C)CO)c1O. The Morgan fingerprint density at radius 2 is 2.14 bits per heavy atom. The number of aliphatic hydroxyl groups is 1. The summed E-state index contributed by atoms with van der Waals surface area (Å²) < 4.78 is 0. The molecule has 0 amide bonds. The second kappa shape index (κ2) is 4.98. The van der Waals surface area contributed by atoms with Crippen molar-refractivity contribution in [1.82, 2.24) is 5.32 Å². The predicted octanol–water partition coefficient (Wildman–Crippen LogP) is 1.17. The largest absolute Gasteiger partial charge is 0.507 e. The van der Waals surface area contributed by atoms with Crippen LogP contribution >= 0.6 is 0 Å². The average molecular weight is 195 g/mol. The van der Waals surface area contributed by atoms with Crippen molar-refractivity contribution in [3.63, 3.8) is 0 Å². The van der Waals surface area contributed by atoms with Crippen molar-refractivity contribution in [3.05, 3.63) is 29.3 Å². The number of nitrogens with one attached hydrogen (secondary N) is 1. The summed E-state index contributed by atoms with van der Waals surface area (Å²) in [6.45, 7) is 4.45. The Balaban J connectivity index is 2.63. The summed E-state index contributed by atoms with van der Waals surface area (Å²) in [6.07, 6.45) is 0. The molecule has 1 rings (SSSR count). The number of hydrogen-bond acceptors (Lipinski definition) is 3. The standard InChI is InChI=1S/C11H17NO2/c1-8-4-3-5-10(11(8)14)6-12-9(2)7-13/h3-5,9,12-14H,6-7H2,1-2H3. The van der Waals surface area contributed by atoms with E-state index in [-0.39, 0.29) is 12.6 Å². The third-order valence-corrected chi connectivity index (χ3v) is 2.24. The van der Waals surface area contributed by atoms with Crippen molar-refractivity contribution >= 4 is 0 Å². The van der Waals surface area contributed by atoms with Gasteiger partial charge in [-0.3, -0.25) is 0 Å². The minimum atomic E-state index is 0.0508. The topological polar surface area (TPSA) is 52.5 Å². The van der Waals surface area contributed by atoms with Gasteiger partial charge in [0.25, 0.3) is 0 Å². The number of aryl methyl sites for hydroxylation is 1. The van der Waals surface area contributed by atoms with E-state index in [0.717, 1.165) is 11.1 Å². The fraction of sp³-hybridized carbons (Fsp3) is 0.455. The molecule has 0 saturated heterocycles. The molecule has 0 aliphatic rings. The van der Waals surface area contributed by atoms with Crippen LogP contribution in [-0.2, 0) is 6.54 Å². The van der Waals surface area contributed by atoms with Crippen LogP contribution in [0, 0.1) is 6.92 Å². The maximum absolute atomic E-state index is 9.68. The van der Waals surface area contributed by atoms with Gasteiger partial charge in [0.1, 0.15) is 5.75 Å². The van der Waals surface area contributed by atoms with Crippen LogP contribution in [0.1, 0.15) is 18.1 Å². The van der Waals surface area contributed by atoms with E-state index >= 15 is 0 Å². The number of phenolic OH excluding ortho intramolecular Hbond substituents is 1. The molecule has 78 valence electrons. The quantitative estimate of drug-likeness (QED) is 0.676. The first-order chi connectivity index (χ1) is 6.65. The van der Waals surface area contributed by atoms with Gasteiger partial charge in [0.15, 0.2) is 0 Å². The molecule has 3 heteroatoms. The number of benzene rings is 1. The number of phenols is 1. The molecule has 0 spiro atoms. The maximum Gasteiger partial charge on any atom is 0.122 e. The van der Waals surface area contributed by atoms with E-state index in [1.165, 1.54) is 0 Å². The highest BCUT2D eigenvalue weighted by molar-refractivity contribution is 5.39. The molecule has 0 bridgehead atoms. The van der Waals surface area contributed by atoms with Gasteiger partial charge < -0.3 is 15.5 Å². The van der Waals surface area contributed by atoms with Crippen molar-refractivity contribution in [2.24, 2.45) is 0 Å². The summed E-state index contributed by atoms with van der Waals surface area (Å²) in [5, 5.41) is 21.6. The summed E-state index contributed by atoms with van der Waals surface area (Å²) in [7, 11) is 0. The number of hydrogen-bond donors (Lipinski definition) is 3. The van der Waals surface area contributed by atoms with E-state index in [2.05, 4.69) is 5.32 Å². The monoisotopic (exact) mass is 195 g/mol. The smallest absolute Gasteiger partial charge is 0.122 e. The van der Waals surface area contributed by atoms with E-state index in [1.54, 1.807) is 0 Å². The lowest BCUT2D eigenvalue weighted by Crippen LogP contribution is -2.28. The molecular formula is C11H17NO2. The van der Waals surface area contributed by atoms with E-state index < -0.39 is 0 Å². The van der Waals surface area contributed by atoms with E-state index in [1.807, 2.05) is 32.0 Å². The second-order valence-corrected chi connectivity index (χ2v) is 3.55. The Morgan fingerprint density at radius 1 is 1.43 bits per heavy atom. The Kier molecular flexibility index (Phi) is 3.92. The van der Waals surface area contributed by atoms with Crippen molar-refractivity contribution in [1.29, 1.82) is 0 Å². The second-order valence-electron chi connectivity index (χ2n) is 3.55. The van der Waals surface area contributed by atoms with Crippen molar-refractivity contribution in [3.8, 4) is 5.75 Å². The third kappa shape index (κ3) is 2.72. The molecule has 0 aliphatic heterocycles. The highest BCUT2D eigenvalue weighted by Gasteiger charge is 2.04. The Morgan fingerprint density at radius 3 is 2.79 bits per heavy atom. The van der Waals surface area contributed by atoms with Crippen molar-refractivity contribution in [2.45, 2.75) is 26.4 Å². The normalized spacial score (nSPS) is 12.8. The lowest BCUT2D eigenvalue weighted by molar-refractivity contribution is 0.250. The fourth-order valence-electron chi connectivity index (χ4n) is 1.21. The van der Waals surface area contributed by atoms with Crippen LogP contribution in [0.3, 0.4) is 0 Å². The first-order valence-corrected chi connectivity index (χ1v) is 4.77. The first-order valence-electron chi connectivity index (χ1n) is 4.77. The van der Waals surface area contributed by atoms with Crippen LogP contribution in [-0.4, -0.2) is 22.9 Å². The van der Waals surface area contributed by atoms with Crippen LogP contribution in [0.2, 0.25) is 0 Å². The lowest BCUT2D eigenvalue weighted by Gasteiger charge is -2.12. The number of aliphatic hydroxyl groups excluding tert-OH is 1. The van der Waals surface area contributed by atoms with E-state index in [9.17, 15) is 5.11 Å². The lowest BCUT2D eigenvalue weighted by atomic mass is 10.1. The zero-order chi connectivity index (χ0) is 10.6. The molecular weight excluding hydrogens is 178 g/mol. The van der Waals surface area contributed by atoms with E-state index in [4.69, 9.17) is 5.11 Å². The molecule has 1 unspecified atom stereocenters. The predicted molar refractivity (Wildman–Crippen MR) is 56.2 cm³/mol. The number of rotatable bonds is 4. The minimum absolute atomic E-state index is 0.0508. The van der Waals surface area contributed by atoms with Gasteiger partial charge in [-0.05, 0) is 19.4 Å². The summed E-state index contributed by atoms with van der Waals surface area (Å²) in [6, 6.07) is 5.71. The number of aromatic hydroxyl groups is 1. The molecule has 0 radical (unpaired) electrons. The van der Waals surface area contributed by atoms with Gasteiger partial charge >= 0.3 is 0 Å². The summed E-state index contributed by atoms with van der Waals surface area (Å²) >= 11 is 0. The molecule has 0 aliphatic carbocycles. The highest BCUT2D eigenvalue weighted by Crippen LogP contribution is 2.20. The molecule has 1 aromatic rings. The Hall–Kier alpha value is -1.06. The Bertz CT molecular complexity index is 299. The zero-order valence-corrected chi connectivity index (χ0v) is 8.62. The van der Waals surface area contributed by atoms with E-state index in [0.29, 0.717) is 12.3 Å². The van der Waals surface area contributed by atoms with Gasteiger partial charge in [-0.15, -0.1) is 0 Å². The van der Waals surface area contributed by atoms with Gasteiger partial charge in [0.05, 0.1) is 6.61 Å². The first kappa shape index (κ1) is 11.0. The molecule has 3 nitrogen and oxygen atoms in total. The van der Waals surface area contributed by atoms with Crippen LogP contribution in [0.5, 0.6) is 5.75 Å².